The van der Waals surface area contributed by atoms with E-state index in [0.717, 1.165) is 5.75 Å². The molecule has 1 saturated heterocycles. The van der Waals surface area contributed by atoms with Gasteiger partial charge in [-0.15, -0.1) is 0 Å². The lowest BCUT2D eigenvalue weighted by Crippen LogP contribution is -2.40. The summed E-state index contributed by atoms with van der Waals surface area (Å²) in [5, 5.41) is 0. The van der Waals surface area contributed by atoms with Gasteiger partial charge in [-0.25, -0.2) is 0 Å². The van der Waals surface area contributed by atoms with E-state index in [2.05, 4.69) is 43.3 Å². The van der Waals surface area contributed by atoms with Crippen LogP contribution in [0.5, 0.6) is 0 Å². The number of nitrogens with zero attached hydrogens (tertiary/aromatic N) is 2. The third-order valence-electron chi connectivity index (χ3n) is 3.04. The van der Waals surface area contributed by atoms with Gasteiger partial charge in [-0.3, -0.25) is 4.90 Å². The summed E-state index contributed by atoms with van der Waals surface area (Å²) in [4.78, 5) is 5.06. The molecular formula is C11H24N2S. The average Bonchev–Trinajstić information content (AvgIpc) is 2.29. The Bertz CT molecular complexity index is 163. The van der Waals surface area contributed by atoms with Gasteiger partial charge in [-0.2, -0.15) is 12.6 Å². The Morgan fingerprint density at radius 2 is 2.14 bits per heavy atom. The van der Waals surface area contributed by atoms with E-state index in [1.165, 1.54) is 32.6 Å². The van der Waals surface area contributed by atoms with Crippen LogP contribution >= 0.6 is 12.6 Å². The molecule has 3 heteroatoms. The highest BCUT2D eigenvalue weighted by Crippen LogP contribution is 2.11. The van der Waals surface area contributed by atoms with Crippen molar-refractivity contribution >= 4 is 12.6 Å². The van der Waals surface area contributed by atoms with Crippen molar-refractivity contribution in [2.24, 2.45) is 5.92 Å². The maximum atomic E-state index is 4.35. The number of hydrogen-bond donors (Lipinski definition) is 1. The lowest BCUT2D eigenvalue weighted by molar-refractivity contribution is 0.184. The monoisotopic (exact) mass is 216 g/mol. The lowest BCUT2D eigenvalue weighted by atomic mass is 10.1. The largest absolute Gasteiger partial charge is 0.305 e. The van der Waals surface area contributed by atoms with E-state index in [4.69, 9.17) is 0 Å². The highest BCUT2D eigenvalue weighted by Gasteiger charge is 2.20. The molecule has 2 unspecified atom stereocenters. The second-order valence-corrected chi connectivity index (χ2v) is 5.11. The van der Waals surface area contributed by atoms with Gasteiger partial charge in [-0.1, -0.05) is 6.92 Å². The molecule has 1 rings (SSSR count). The molecule has 0 N–H and O–H groups in total. The third-order valence-corrected chi connectivity index (χ3v) is 3.67. The van der Waals surface area contributed by atoms with Crippen LogP contribution in [0.3, 0.4) is 0 Å². The standard InChI is InChI=1S/C11H24N2S/c1-10(9-14)7-13-6-4-5-12(3)8-11(13)2/h10-11,14H,4-9H2,1-3H3. The molecule has 0 amide bonds. The Kier molecular flexibility index (Phi) is 5.28. The van der Waals surface area contributed by atoms with Crippen LogP contribution in [0.4, 0.5) is 0 Å². The Balaban J connectivity index is 2.42. The summed E-state index contributed by atoms with van der Waals surface area (Å²) in [5.74, 6) is 1.71. The molecule has 0 spiro atoms. The molecule has 0 radical (unpaired) electrons. The molecule has 0 aromatic heterocycles. The molecular weight excluding hydrogens is 192 g/mol. The minimum Gasteiger partial charge on any atom is -0.305 e. The maximum Gasteiger partial charge on any atom is 0.0194 e. The molecule has 1 fully saturated rings. The van der Waals surface area contributed by atoms with Crippen molar-refractivity contribution in [1.29, 1.82) is 0 Å². The first-order valence-corrected chi connectivity index (χ1v) is 6.30. The molecule has 0 bridgehead atoms. The molecule has 84 valence electrons. The van der Waals surface area contributed by atoms with E-state index in [1.807, 2.05) is 0 Å². The molecule has 0 saturated carbocycles. The summed E-state index contributed by atoms with van der Waals surface area (Å²) in [6.45, 7) is 9.54. The van der Waals surface area contributed by atoms with Gasteiger partial charge in [-0.05, 0) is 45.2 Å². The van der Waals surface area contributed by atoms with E-state index >= 15 is 0 Å². The van der Waals surface area contributed by atoms with Gasteiger partial charge in [0.25, 0.3) is 0 Å². The summed E-state index contributed by atoms with van der Waals surface area (Å²) in [6.07, 6.45) is 1.31. The number of likely N-dealkylation sites (N-methyl/N-ethyl adjacent to an activating group) is 1. The van der Waals surface area contributed by atoms with Gasteiger partial charge >= 0.3 is 0 Å². The Labute approximate surface area is 94.1 Å². The van der Waals surface area contributed by atoms with Crippen molar-refractivity contribution in [3.63, 3.8) is 0 Å². The van der Waals surface area contributed by atoms with Crippen LogP contribution in [-0.4, -0.2) is 54.8 Å². The van der Waals surface area contributed by atoms with E-state index in [9.17, 15) is 0 Å². The van der Waals surface area contributed by atoms with E-state index in [1.54, 1.807) is 0 Å². The highest BCUT2D eigenvalue weighted by molar-refractivity contribution is 7.80. The van der Waals surface area contributed by atoms with Crippen LogP contribution in [-0.2, 0) is 0 Å². The van der Waals surface area contributed by atoms with Crippen molar-refractivity contribution < 1.29 is 0 Å². The predicted molar refractivity (Wildman–Crippen MR) is 66.2 cm³/mol. The summed E-state index contributed by atoms with van der Waals surface area (Å²) in [5.41, 5.74) is 0. The molecule has 2 atom stereocenters. The Morgan fingerprint density at radius 1 is 1.43 bits per heavy atom. The van der Waals surface area contributed by atoms with E-state index in [-0.39, 0.29) is 0 Å². The van der Waals surface area contributed by atoms with Gasteiger partial charge in [0.2, 0.25) is 0 Å². The van der Waals surface area contributed by atoms with Crippen molar-refractivity contribution in [3.8, 4) is 0 Å². The zero-order valence-electron chi connectivity index (χ0n) is 9.74. The highest BCUT2D eigenvalue weighted by atomic mass is 32.1. The fraction of sp³-hybridized carbons (Fsp3) is 1.00. The van der Waals surface area contributed by atoms with Crippen LogP contribution in [0.15, 0.2) is 0 Å². The van der Waals surface area contributed by atoms with Gasteiger partial charge in [0.05, 0.1) is 0 Å². The molecule has 0 aromatic rings. The quantitative estimate of drug-likeness (QED) is 0.716. The molecule has 2 nitrogen and oxygen atoms in total. The first-order chi connectivity index (χ1) is 6.63. The second kappa shape index (κ2) is 5.99. The lowest BCUT2D eigenvalue weighted by Gasteiger charge is -2.29. The zero-order valence-corrected chi connectivity index (χ0v) is 10.6. The molecule has 1 aliphatic rings. The Hall–Kier alpha value is 0.270. The van der Waals surface area contributed by atoms with Crippen LogP contribution in [0.25, 0.3) is 0 Å². The molecule has 14 heavy (non-hydrogen) atoms. The van der Waals surface area contributed by atoms with Crippen LogP contribution in [0.1, 0.15) is 20.3 Å². The van der Waals surface area contributed by atoms with Crippen molar-refractivity contribution in [2.75, 3.05) is 39.0 Å². The van der Waals surface area contributed by atoms with Gasteiger partial charge in [0.15, 0.2) is 0 Å². The van der Waals surface area contributed by atoms with Crippen LogP contribution in [0.2, 0.25) is 0 Å². The fourth-order valence-electron chi connectivity index (χ4n) is 2.15. The summed E-state index contributed by atoms with van der Waals surface area (Å²) in [7, 11) is 2.22. The molecule has 0 aromatic carbocycles. The summed E-state index contributed by atoms with van der Waals surface area (Å²) in [6, 6.07) is 0.699. The second-order valence-electron chi connectivity index (χ2n) is 4.75. The fourth-order valence-corrected chi connectivity index (χ4v) is 2.27. The zero-order chi connectivity index (χ0) is 10.6. The SMILES string of the molecule is CC(CS)CN1CCCN(C)CC1C. The minimum atomic E-state index is 0.699. The van der Waals surface area contributed by atoms with Gasteiger partial charge < -0.3 is 4.90 Å². The van der Waals surface area contributed by atoms with Gasteiger partial charge in [0.1, 0.15) is 0 Å². The van der Waals surface area contributed by atoms with Crippen molar-refractivity contribution in [3.05, 3.63) is 0 Å². The first kappa shape index (κ1) is 12.3. The average molecular weight is 216 g/mol. The third kappa shape index (κ3) is 3.79. The van der Waals surface area contributed by atoms with Gasteiger partial charge in [0, 0.05) is 19.1 Å². The summed E-state index contributed by atoms with van der Waals surface area (Å²) < 4.78 is 0. The first-order valence-electron chi connectivity index (χ1n) is 5.67. The Morgan fingerprint density at radius 3 is 2.79 bits per heavy atom. The molecule has 0 aliphatic carbocycles. The van der Waals surface area contributed by atoms with Crippen molar-refractivity contribution in [1.82, 2.24) is 9.80 Å². The van der Waals surface area contributed by atoms with Crippen molar-refractivity contribution in [2.45, 2.75) is 26.3 Å². The normalized spacial score (nSPS) is 28.7. The molecule has 1 heterocycles. The van der Waals surface area contributed by atoms with Crippen LogP contribution in [0, 0.1) is 5.92 Å². The molecule has 1 aliphatic heterocycles. The van der Waals surface area contributed by atoms with E-state index in [0.29, 0.717) is 12.0 Å². The van der Waals surface area contributed by atoms with E-state index < -0.39 is 0 Å². The topological polar surface area (TPSA) is 6.48 Å². The number of thiol groups is 1. The minimum absolute atomic E-state index is 0.699. The maximum absolute atomic E-state index is 4.35. The number of rotatable bonds is 3. The summed E-state index contributed by atoms with van der Waals surface area (Å²) >= 11 is 4.35. The van der Waals surface area contributed by atoms with Crippen LogP contribution < -0.4 is 0 Å². The smallest absolute Gasteiger partial charge is 0.0194 e. The number of hydrogen-bond acceptors (Lipinski definition) is 3. The predicted octanol–water partition coefficient (Wildman–Crippen LogP) is 1.58.